The summed E-state index contributed by atoms with van der Waals surface area (Å²) in [5.41, 5.74) is 6.30. The van der Waals surface area contributed by atoms with Crippen LogP contribution in [0.4, 0.5) is 5.69 Å². The van der Waals surface area contributed by atoms with Gasteiger partial charge in [0.25, 0.3) is 0 Å². The van der Waals surface area contributed by atoms with E-state index < -0.39 is 0 Å². The lowest BCUT2D eigenvalue weighted by Crippen LogP contribution is -2.35. The van der Waals surface area contributed by atoms with Gasteiger partial charge in [-0.1, -0.05) is 18.2 Å². The molecule has 1 aliphatic rings. The van der Waals surface area contributed by atoms with E-state index in [0.717, 1.165) is 5.69 Å². The Morgan fingerprint density at radius 3 is 2.74 bits per heavy atom. The topological polar surface area (TPSA) is 66.6 Å². The van der Waals surface area contributed by atoms with E-state index in [1.807, 2.05) is 30.3 Å². The Kier molecular flexibility index (Phi) is 4.16. The van der Waals surface area contributed by atoms with Crippen molar-refractivity contribution < 1.29 is 9.59 Å². The van der Waals surface area contributed by atoms with Gasteiger partial charge >= 0.3 is 0 Å². The van der Waals surface area contributed by atoms with Crippen molar-refractivity contribution in [2.24, 2.45) is 11.7 Å². The quantitative estimate of drug-likeness (QED) is 0.856. The van der Waals surface area contributed by atoms with Gasteiger partial charge in [0.15, 0.2) is 0 Å². The van der Waals surface area contributed by atoms with E-state index >= 15 is 0 Å². The highest BCUT2D eigenvalue weighted by atomic mass is 16.2. The number of carbonyl (C=O) groups is 2. The van der Waals surface area contributed by atoms with Crippen LogP contribution in [0.15, 0.2) is 30.3 Å². The summed E-state index contributed by atoms with van der Waals surface area (Å²) in [6.07, 6.45) is 0.288. The highest BCUT2D eigenvalue weighted by Crippen LogP contribution is 2.22. The molecule has 1 heterocycles. The molecule has 0 aliphatic carbocycles. The molecule has 1 unspecified atom stereocenters. The lowest BCUT2D eigenvalue weighted by Gasteiger charge is -2.21. The van der Waals surface area contributed by atoms with Crippen LogP contribution in [-0.4, -0.2) is 43.4 Å². The summed E-state index contributed by atoms with van der Waals surface area (Å²) < 4.78 is 0. The number of carbonyl (C=O) groups excluding carboxylic acids is 2. The second-order valence-corrected chi connectivity index (χ2v) is 4.76. The van der Waals surface area contributed by atoms with E-state index in [2.05, 4.69) is 0 Å². The molecule has 2 rings (SSSR count). The zero-order valence-electron chi connectivity index (χ0n) is 11.1. The van der Waals surface area contributed by atoms with Gasteiger partial charge in [-0.15, -0.1) is 0 Å². The van der Waals surface area contributed by atoms with Crippen molar-refractivity contribution in [3.63, 3.8) is 0 Å². The van der Waals surface area contributed by atoms with Crippen molar-refractivity contribution in [1.82, 2.24) is 4.90 Å². The van der Waals surface area contributed by atoms with Crippen LogP contribution in [0.3, 0.4) is 0 Å². The van der Waals surface area contributed by atoms with Gasteiger partial charge in [-0.05, 0) is 12.1 Å². The predicted molar refractivity (Wildman–Crippen MR) is 73.6 cm³/mol. The maximum atomic E-state index is 12.4. The van der Waals surface area contributed by atoms with Crippen LogP contribution < -0.4 is 10.6 Å². The van der Waals surface area contributed by atoms with Gasteiger partial charge in [0.2, 0.25) is 11.8 Å². The highest BCUT2D eigenvalue weighted by Gasteiger charge is 2.35. The third-order valence-electron chi connectivity index (χ3n) is 3.44. The largest absolute Gasteiger partial charge is 0.341 e. The summed E-state index contributed by atoms with van der Waals surface area (Å²) in [5, 5.41) is 0. The number of rotatable bonds is 4. The highest BCUT2D eigenvalue weighted by molar-refractivity contribution is 5.98. The summed E-state index contributed by atoms with van der Waals surface area (Å²) in [6.45, 7) is 1.44. The normalized spacial score (nSPS) is 18.7. The van der Waals surface area contributed by atoms with Crippen LogP contribution in [0.2, 0.25) is 0 Å². The van der Waals surface area contributed by atoms with Crippen molar-refractivity contribution in [1.29, 1.82) is 0 Å². The Hall–Kier alpha value is -1.88. The number of benzene rings is 1. The Morgan fingerprint density at radius 2 is 2.11 bits per heavy atom. The number of amides is 2. The van der Waals surface area contributed by atoms with Crippen LogP contribution in [0.1, 0.15) is 6.42 Å². The van der Waals surface area contributed by atoms with Crippen LogP contribution in [0.5, 0.6) is 0 Å². The third-order valence-corrected chi connectivity index (χ3v) is 3.44. The van der Waals surface area contributed by atoms with E-state index in [4.69, 9.17) is 5.73 Å². The number of nitrogens with zero attached hydrogens (tertiary/aromatic N) is 2. The monoisotopic (exact) mass is 261 g/mol. The van der Waals surface area contributed by atoms with Crippen LogP contribution in [0.25, 0.3) is 0 Å². The molecule has 0 saturated carbocycles. The van der Waals surface area contributed by atoms with Crippen LogP contribution in [-0.2, 0) is 9.59 Å². The summed E-state index contributed by atoms with van der Waals surface area (Å²) in [4.78, 5) is 27.4. The van der Waals surface area contributed by atoms with Crippen molar-refractivity contribution in [2.75, 3.05) is 31.6 Å². The first-order chi connectivity index (χ1) is 9.13. The van der Waals surface area contributed by atoms with Crippen molar-refractivity contribution in [3.05, 3.63) is 30.3 Å². The van der Waals surface area contributed by atoms with Gasteiger partial charge in [0.05, 0.1) is 5.92 Å². The van der Waals surface area contributed by atoms with E-state index in [1.165, 1.54) is 0 Å². The first kappa shape index (κ1) is 13.5. The number of likely N-dealkylation sites (tertiary alicyclic amines) is 1. The molecular formula is C14H19N3O2. The minimum atomic E-state index is -0.260. The SMILES string of the molecule is CN(C(=O)C1CC(=O)N(CCN)C1)c1ccccc1. The standard InChI is InChI=1S/C14H19N3O2/c1-16(12-5-3-2-4-6-12)14(19)11-9-13(18)17(10-11)8-7-15/h2-6,11H,7-10,15H2,1H3. The summed E-state index contributed by atoms with van der Waals surface area (Å²) in [7, 11) is 1.74. The molecule has 1 fully saturated rings. The second kappa shape index (κ2) is 5.84. The number of anilines is 1. The molecule has 2 N–H and O–H groups in total. The van der Waals surface area contributed by atoms with E-state index in [-0.39, 0.29) is 24.2 Å². The smallest absolute Gasteiger partial charge is 0.232 e. The van der Waals surface area contributed by atoms with Gasteiger partial charge in [-0.25, -0.2) is 0 Å². The van der Waals surface area contributed by atoms with Gasteiger partial charge in [-0.2, -0.15) is 0 Å². The predicted octanol–water partition coefficient (Wildman–Crippen LogP) is 0.457. The third kappa shape index (κ3) is 2.93. The Morgan fingerprint density at radius 1 is 1.42 bits per heavy atom. The molecule has 5 nitrogen and oxygen atoms in total. The fourth-order valence-corrected chi connectivity index (χ4v) is 2.36. The average Bonchev–Trinajstić information content (AvgIpc) is 2.80. The Labute approximate surface area is 113 Å². The molecular weight excluding hydrogens is 242 g/mol. The zero-order valence-corrected chi connectivity index (χ0v) is 11.1. The lowest BCUT2D eigenvalue weighted by molar-refractivity contribution is -0.128. The number of hydrogen-bond donors (Lipinski definition) is 1. The van der Waals surface area contributed by atoms with Crippen molar-refractivity contribution in [2.45, 2.75) is 6.42 Å². The van der Waals surface area contributed by atoms with Gasteiger partial charge < -0.3 is 15.5 Å². The molecule has 1 saturated heterocycles. The van der Waals surface area contributed by atoms with Gasteiger partial charge in [-0.3, -0.25) is 9.59 Å². The molecule has 1 atom stereocenters. The molecule has 0 radical (unpaired) electrons. The van der Waals surface area contributed by atoms with E-state index in [1.54, 1.807) is 16.8 Å². The minimum Gasteiger partial charge on any atom is -0.341 e. The fraction of sp³-hybridized carbons (Fsp3) is 0.429. The second-order valence-electron chi connectivity index (χ2n) is 4.76. The van der Waals surface area contributed by atoms with Gasteiger partial charge in [0.1, 0.15) is 0 Å². The van der Waals surface area contributed by atoms with Crippen molar-refractivity contribution in [3.8, 4) is 0 Å². The first-order valence-electron chi connectivity index (χ1n) is 6.44. The summed E-state index contributed by atoms with van der Waals surface area (Å²) in [5.74, 6) is -0.256. The van der Waals surface area contributed by atoms with E-state index in [9.17, 15) is 9.59 Å². The Bertz CT molecular complexity index is 461. The molecule has 0 bridgehead atoms. The number of nitrogens with two attached hydrogens (primary N) is 1. The average molecular weight is 261 g/mol. The van der Waals surface area contributed by atoms with E-state index in [0.29, 0.717) is 19.6 Å². The molecule has 1 aliphatic heterocycles. The molecule has 1 aromatic rings. The summed E-state index contributed by atoms with van der Waals surface area (Å²) in [6, 6.07) is 9.45. The first-order valence-corrected chi connectivity index (χ1v) is 6.44. The molecule has 102 valence electrons. The maximum Gasteiger partial charge on any atom is 0.232 e. The molecule has 2 amide bonds. The Balaban J connectivity index is 2.03. The maximum absolute atomic E-state index is 12.4. The summed E-state index contributed by atoms with van der Waals surface area (Å²) >= 11 is 0. The number of hydrogen-bond acceptors (Lipinski definition) is 3. The molecule has 0 spiro atoms. The lowest BCUT2D eigenvalue weighted by atomic mass is 10.1. The fourth-order valence-electron chi connectivity index (χ4n) is 2.36. The van der Waals surface area contributed by atoms with Gasteiger partial charge in [0, 0.05) is 38.8 Å². The number of para-hydroxylation sites is 1. The molecule has 19 heavy (non-hydrogen) atoms. The molecule has 0 aromatic heterocycles. The van der Waals surface area contributed by atoms with Crippen LogP contribution in [0, 0.1) is 5.92 Å². The zero-order chi connectivity index (χ0) is 13.8. The van der Waals surface area contributed by atoms with Crippen molar-refractivity contribution >= 4 is 17.5 Å². The molecule has 5 heteroatoms. The minimum absolute atomic E-state index is 0.0147. The van der Waals surface area contributed by atoms with Crippen LogP contribution >= 0.6 is 0 Å². The molecule has 1 aromatic carbocycles.